The monoisotopic (exact) mass is 778 g/mol. The van der Waals surface area contributed by atoms with Crippen LogP contribution in [-0.4, -0.2) is 87.3 Å². The van der Waals surface area contributed by atoms with E-state index in [1.165, 1.54) is 29.2 Å². The Morgan fingerprint density at radius 3 is 2.46 bits per heavy atom. The zero-order chi connectivity index (χ0) is 39.4. The summed E-state index contributed by atoms with van der Waals surface area (Å²) in [5.74, 6) is -1.64. The van der Waals surface area contributed by atoms with Gasteiger partial charge in [0.15, 0.2) is 11.4 Å². The largest absolute Gasteiger partial charge is 0.444 e. The molecule has 7 rings (SSSR count). The van der Waals surface area contributed by atoms with E-state index in [1.807, 2.05) is 36.4 Å². The lowest BCUT2D eigenvalue weighted by Gasteiger charge is -2.36. The Kier molecular flexibility index (Phi) is 10.9. The number of carbonyl (C=O) groups is 3. The SMILES string of the molecule is O=C1CCC(Nc2ccccc2CN2CCN(c3ccc(-n4cc(NC(=O)c5coc(-c6ccnc(NCC(F)(F)F)c6)n5)c(C(F)F)n4)cc3)CC2)C(=O)N1. The summed E-state index contributed by atoms with van der Waals surface area (Å²) in [5.41, 5.74) is 2.38. The number of anilines is 4. The minimum Gasteiger partial charge on any atom is -0.444 e. The molecule has 5 heterocycles. The summed E-state index contributed by atoms with van der Waals surface area (Å²) in [7, 11) is 0. The van der Waals surface area contributed by atoms with E-state index in [9.17, 15) is 36.3 Å². The number of hydrogen-bond acceptors (Lipinski definition) is 11. The van der Waals surface area contributed by atoms with Crippen LogP contribution in [-0.2, 0) is 16.1 Å². The molecule has 2 aromatic carbocycles. The number of imide groups is 1. The number of hydrogen-bond donors (Lipinski definition) is 4. The van der Waals surface area contributed by atoms with Gasteiger partial charge >= 0.3 is 6.18 Å². The van der Waals surface area contributed by atoms with Gasteiger partial charge in [-0.3, -0.25) is 24.6 Å². The summed E-state index contributed by atoms with van der Waals surface area (Å²) in [4.78, 5) is 49.3. The van der Waals surface area contributed by atoms with Gasteiger partial charge in [0.1, 0.15) is 24.7 Å². The van der Waals surface area contributed by atoms with Crippen LogP contribution < -0.4 is 26.2 Å². The third kappa shape index (κ3) is 9.11. The molecule has 56 heavy (non-hydrogen) atoms. The second kappa shape index (κ2) is 16.2. The molecule has 1 atom stereocenters. The van der Waals surface area contributed by atoms with Gasteiger partial charge in [-0.1, -0.05) is 18.2 Å². The van der Waals surface area contributed by atoms with Crippen molar-refractivity contribution in [1.82, 2.24) is 30.0 Å². The quantitative estimate of drug-likeness (QED) is 0.0919. The van der Waals surface area contributed by atoms with Gasteiger partial charge in [0.2, 0.25) is 17.7 Å². The standard InChI is InChI=1S/C37H35F5N10O4/c38-33(39)32-28(46-35(55)29-20-56-36(47-29)22-11-12-43-30(17-22)44-21-37(40,41)42)19-52(49-32)25-7-5-24(6-8-25)51-15-13-50(14-16-51)18-23-3-1-2-4-26(23)45-27-9-10-31(53)48-34(27)54/h1-8,11-12,17,19-20,27,33,45H,9-10,13-16,18,21H2,(H,43,44)(H,46,55)(H,48,53,54). The van der Waals surface area contributed by atoms with Gasteiger partial charge in [0.05, 0.1) is 17.6 Å². The molecule has 5 aromatic rings. The number of para-hydroxylation sites is 1. The van der Waals surface area contributed by atoms with Crippen molar-refractivity contribution in [3.05, 3.63) is 96.3 Å². The molecule has 0 bridgehead atoms. The maximum Gasteiger partial charge on any atom is 0.405 e. The molecule has 4 N–H and O–H groups in total. The third-order valence-corrected chi connectivity index (χ3v) is 9.24. The molecule has 292 valence electrons. The second-order valence-corrected chi connectivity index (χ2v) is 13.1. The van der Waals surface area contributed by atoms with E-state index in [2.05, 4.69) is 46.1 Å². The number of carbonyl (C=O) groups excluding carboxylic acids is 3. The number of oxazole rings is 1. The molecule has 0 radical (unpaired) electrons. The fourth-order valence-corrected chi connectivity index (χ4v) is 6.36. The van der Waals surface area contributed by atoms with Crippen molar-refractivity contribution >= 4 is 40.6 Å². The van der Waals surface area contributed by atoms with E-state index in [-0.39, 0.29) is 46.9 Å². The molecule has 14 nitrogen and oxygen atoms in total. The molecular weight excluding hydrogens is 743 g/mol. The molecule has 3 aromatic heterocycles. The van der Waals surface area contributed by atoms with Crippen LogP contribution in [0.4, 0.5) is 44.8 Å². The minimum atomic E-state index is -4.46. The topological polar surface area (TPSA) is 163 Å². The Balaban J connectivity index is 0.956. The Labute approximate surface area is 316 Å². The summed E-state index contributed by atoms with van der Waals surface area (Å²) in [5, 5.41) is 14.2. The number of halogens is 5. The molecule has 0 spiro atoms. The molecule has 3 amide bonds. The maximum absolute atomic E-state index is 14.1. The van der Waals surface area contributed by atoms with Crippen molar-refractivity contribution < 1.29 is 40.8 Å². The lowest BCUT2D eigenvalue weighted by Crippen LogP contribution is -2.48. The van der Waals surface area contributed by atoms with Crippen LogP contribution in [0.3, 0.4) is 0 Å². The first-order chi connectivity index (χ1) is 26.9. The van der Waals surface area contributed by atoms with Crippen LogP contribution in [0.1, 0.15) is 41.0 Å². The van der Waals surface area contributed by atoms with Crippen molar-refractivity contribution in [1.29, 1.82) is 0 Å². The van der Waals surface area contributed by atoms with Crippen LogP contribution in [0.5, 0.6) is 0 Å². The summed E-state index contributed by atoms with van der Waals surface area (Å²) in [6.07, 6.45) is -3.25. The molecule has 0 saturated carbocycles. The minimum absolute atomic E-state index is 0.0921. The first kappa shape index (κ1) is 37.9. The Hall–Kier alpha value is -6.37. The average molecular weight is 779 g/mol. The molecule has 1 unspecified atom stereocenters. The Bertz CT molecular complexity index is 2200. The number of piperidine rings is 1. The number of alkyl halides is 5. The molecular formula is C37H35F5N10O4. The van der Waals surface area contributed by atoms with Crippen molar-refractivity contribution in [2.24, 2.45) is 0 Å². The highest BCUT2D eigenvalue weighted by Gasteiger charge is 2.29. The predicted molar refractivity (Wildman–Crippen MR) is 194 cm³/mol. The zero-order valence-electron chi connectivity index (χ0n) is 29.5. The zero-order valence-corrected chi connectivity index (χ0v) is 29.5. The first-order valence-corrected chi connectivity index (χ1v) is 17.6. The summed E-state index contributed by atoms with van der Waals surface area (Å²) < 4.78 is 72.5. The maximum atomic E-state index is 14.1. The second-order valence-electron chi connectivity index (χ2n) is 13.1. The highest BCUT2D eigenvalue weighted by molar-refractivity contribution is 6.03. The Morgan fingerprint density at radius 1 is 0.982 bits per heavy atom. The Morgan fingerprint density at radius 2 is 1.73 bits per heavy atom. The highest BCUT2D eigenvalue weighted by atomic mass is 19.4. The molecule has 2 aliphatic rings. The van der Waals surface area contributed by atoms with Crippen LogP contribution in [0.25, 0.3) is 17.1 Å². The van der Waals surface area contributed by atoms with Crippen molar-refractivity contribution in [3.63, 3.8) is 0 Å². The van der Waals surface area contributed by atoms with Crippen molar-refractivity contribution in [2.75, 3.05) is 53.6 Å². The lowest BCUT2D eigenvalue weighted by molar-refractivity contribution is -0.133. The van der Waals surface area contributed by atoms with Gasteiger partial charge in [-0.05, 0) is 54.4 Å². The van der Waals surface area contributed by atoms with Crippen LogP contribution >= 0.6 is 0 Å². The van der Waals surface area contributed by atoms with Crippen molar-refractivity contribution in [3.8, 4) is 17.1 Å². The lowest BCUT2D eigenvalue weighted by atomic mass is 10.0. The number of aromatic nitrogens is 4. The fourth-order valence-electron chi connectivity index (χ4n) is 6.36. The summed E-state index contributed by atoms with van der Waals surface area (Å²) in [6, 6.07) is 17.2. The van der Waals surface area contributed by atoms with E-state index < -0.39 is 36.8 Å². The van der Waals surface area contributed by atoms with Crippen LogP contribution in [0.2, 0.25) is 0 Å². The number of amides is 3. The number of rotatable bonds is 12. The molecule has 0 aliphatic carbocycles. The predicted octanol–water partition coefficient (Wildman–Crippen LogP) is 5.63. The summed E-state index contributed by atoms with van der Waals surface area (Å²) >= 11 is 0. The molecule has 2 fully saturated rings. The van der Waals surface area contributed by atoms with E-state index in [1.54, 1.807) is 12.1 Å². The number of benzene rings is 2. The van der Waals surface area contributed by atoms with Gasteiger partial charge in [0.25, 0.3) is 12.3 Å². The highest BCUT2D eigenvalue weighted by Crippen LogP contribution is 2.29. The van der Waals surface area contributed by atoms with Crippen LogP contribution in [0, 0.1) is 0 Å². The van der Waals surface area contributed by atoms with Gasteiger partial charge in [0, 0.05) is 62.3 Å². The number of nitrogens with zero attached hydrogens (tertiary/aromatic N) is 6. The van der Waals surface area contributed by atoms with E-state index in [4.69, 9.17) is 4.42 Å². The van der Waals surface area contributed by atoms with Gasteiger partial charge in [-0.25, -0.2) is 23.4 Å². The van der Waals surface area contributed by atoms with Crippen molar-refractivity contribution in [2.45, 2.75) is 38.0 Å². The fraction of sp³-hybridized carbons (Fsp3) is 0.297. The van der Waals surface area contributed by atoms with Gasteiger partial charge < -0.3 is 25.3 Å². The smallest absolute Gasteiger partial charge is 0.405 e. The van der Waals surface area contributed by atoms with Gasteiger partial charge in [-0.2, -0.15) is 18.3 Å². The number of nitrogens with one attached hydrogen (secondary N) is 4. The number of pyridine rings is 1. The van der Waals surface area contributed by atoms with E-state index >= 15 is 0 Å². The molecule has 2 aliphatic heterocycles. The first-order valence-electron chi connectivity index (χ1n) is 17.6. The van der Waals surface area contributed by atoms with Crippen LogP contribution in [0.15, 0.2) is 83.7 Å². The molecule has 19 heteroatoms. The van der Waals surface area contributed by atoms with Gasteiger partial charge in [-0.15, -0.1) is 0 Å². The summed E-state index contributed by atoms with van der Waals surface area (Å²) in [6.45, 7) is 2.36. The third-order valence-electron chi connectivity index (χ3n) is 9.24. The van der Waals surface area contributed by atoms with E-state index in [0.717, 1.165) is 49.4 Å². The molecule has 2 saturated heterocycles. The normalized spacial score (nSPS) is 16.5. The number of piperazine rings is 1. The van der Waals surface area contributed by atoms with E-state index in [0.29, 0.717) is 18.7 Å². The average Bonchev–Trinajstić information content (AvgIpc) is 3.85.